The average molecular weight is 305 g/mol. The van der Waals surface area contributed by atoms with Crippen LogP contribution >= 0.6 is 0 Å². The molecule has 8 heteroatoms. The Morgan fingerprint density at radius 2 is 2.10 bits per heavy atom. The molecular weight excluding hydrogens is 289 g/mol. The number of carbonyl (C=O) groups excluding carboxylic acids is 1. The van der Waals surface area contributed by atoms with E-state index in [1.54, 1.807) is 0 Å². The minimum Gasteiger partial charge on any atom is -0.479 e. The van der Waals surface area contributed by atoms with Crippen molar-refractivity contribution in [2.45, 2.75) is 18.2 Å². The van der Waals surface area contributed by atoms with Gasteiger partial charge in [-0.2, -0.15) is 0 Å². The van der Waals surface area contributed by atoms with Gasteiger partial charge in [0.05, 0.1) is 12.0 Å². The first-order chi connectivity index (χ1) is 9.40. The molecule has 1 rings (SSSR count). The highest BCUT2D eigenvalue weighted by atomic mass is 32.2. The highest BCUT2D eigenvalue weighted by Crippen LogP contribution is 2.21. The van der Waals surface area contributed by atoms with Gasteiger partial charge in [-0.1, -0.05) is 6.92 Å². The average Bonchev–Trinajstić information content (AvgIpc) is 2.43. The van der Waals surface area contributed by atoms with Crippen molar-refractivity contribution in [3.63, 3.8) is 0 Å². The minimum atomic E-state index is -3.73. The number of benzene rings is 1. The Bertz CT molecular complexity index is 573. The van der Waals surface area contributed by atoms with Gasteiger partial charge < -0.3 is 9.47 Å². The zero-order valence-electron chi connectivity index (χ0n) is 11.2. The molecule has 0 aliphatic carbocycles. The van der Waals surface area contributed by atoms with Gasteiger partial charge in [-0.15, -0.1) is 0 Å². The Morgan fingerprint density at radius 3 is 2.65 bits per heavy atom. The summed E-state index contributed by atoms with van der Waals surface area (Å²) in [5.41, 5.74) is 0. The molecule has 1 aromatic rings. The van der Waals surface area contributed by atoms with Gasteiger partial charge >= 0.3 is 5.97 Å². The van der Waals surface area contributed by atoms with Crippen LogP contribution in [-0.2, 0) is 19.6 Å². The van der Waals surface area contributed by atoms with Gasteiger partial charge in [0.15, 0.2) is 18.2 Å². The van der Waals surface area contributed by atoms with Crippen LogP contribution in [0.25, 0.3) is 0 Å². The Hall–Kier alpha value is -1.67. The predicted molar refractivity (Wildman–Crippen MR) is 69.4 cm³/mol. The Morgan fingerprint density at radius 1 is 1.40 bits per heavy atom. The topological polar surface area (TPSA) is 81.7 Å². The quantitative estimate of drug-likeness (QED) is 0.762. The highest BCUT2D eigenvalue weighted by Gasteiger charge is 2.16. The molecule has 112 valence electrons. The van der Waals surface area contributed by atoms with E-state index in [0.29, 0.717) is 6.42 Å². The van der Waals surface area contributed by atoms with E-state index in [2.05, 4.69) is 9.46 Å². The summed E-state index contributed by atoms with van der Waals surface area (Å²) >= 11 is 0. The molecule has 1 aromatic carbocycles. The number of hydrogen-bond donors (Lipinski definition) is 1. The van der Waals surface area contributed by atoms with Crippen LogP contribution in [-0.4, -0.2) is 34.6 Å². The summed E-state index contributed by atoms with van der Waals surface area (Å²) in [5, 5.41) is 0. The lowest BCUT2D eigenvalue weighted by Gasteiger charge is -2.09. The SMILES string of the molecule is CCCNS(=O)(=O)c1ccc(OCC(=O)OC)c(F)c1. The van der Waals surface area contributed by atoms with Gasteiger partial charge in [0.25, 0.3) is 0 Å². The fourth-order valence-electron chi connectivity index (χ4n) is 1.28. The fraction of sp³-hybridized carbons (Fsp3) is 0.417. The third-order valence-corrected chi connectivity index (χ3v) is 3.79. The lowest BCUT2D eigenvalue weighted by Crippen LogP contribution is -2.24. The van der Waals surface area contributed by atoms with E-state index in [1.165, 1.54) is 13.2 Å². The summed E-state index contributed by atoms with van der Waals surface area (Å²) in [5.74, 6) is -1.75. The van der Waals surface area contributed by atoms with Crippen molar-refractivity contribution in [1.82, 2.24) is 4.72 Å². The van der Waals surface area contributed by atoms with Crippen molar-refractivity contribution in [3.05, 3.63) is 24.0 Å². The molecule has 0 bridgehead atoms. The van der Waals surface area contributed by atoms with E-state index >= 15 is 0 Å². The number of ether oxygens (including phenoxy) is 2. The predicted octanol–water partition coefficient (Wildman–Crippen LogP) is 1.07. The zero-order valence-corrected chi connectivity index (χ0v) is 12.0. The van der Waals surface area contributed by atoms with Crippen molar-refractivity contribution < 1.29 is 27.1 Å². The van der Waals surface area contributed by atoms with E-state index in [0.717, 1.165) is 12.1 Å². The molecule has 1 N–H and O–H groups in total. The molecule has 0 atom stereocenters. The van der Waals surface area contributed by atoms with E-state index in [-0.39, 0.29) is 17.2 Å². The number of carbonyl (C=O) groups is 1. The molecule has 6 nitrogen and oxygen atoms in total. The van der Waals surface area contributed by atoms with Crippen LogP contribution in [0.3, 0.4) is 0 Å². The summed E-state index contributed by atoms with van der Waals surface area (Å²) in [6.07, 6.45) is 0.627. The minimum absolute atomic E-state index is 0.200. The summed E-state index contributed by atoms with van der Waals surface area (Å²) in [7, 11) is -2.56. The van der Waals surface area contributed by atoms with Crippen molar-refractivity contribution in [2.24, 2.45) is 0 Å². The molecule has 0 aromatic heterocycles. The third kappa shape index (κ3) is 4.46. The van der Waals surface area contributed by atoms with E-state index in [1.807, 2.05) is 6.92 Å². The lowest BCUT2D eigenvalue weighted by molar-refractivity contribution is -0.142. The Balaban J connectivity index is 2.85. The Labute approximate surface area is 116 Å². The molecule has 0 unspecified atom stereocenters. The molecule has 0 saturated carbocycles. The van der Waals surface area contributed by atoms with Crippen LogP contribution in [0.15, 0.2) is 23.1 Å². The van der Waals surface area contributed by atoms with E-state index in [9.17, 15) is 17.6 Å². The first-order valence-electron chi connectivity index (χ1n) is 5.89. The number of nitrogens with one attached hydrogen (secondary N) is 1. The summed E-state index contributed by atoms with van der Waals surface area (Å²) < 4.78 is 48.8. The van der Waals surface area contributed by atoms with Crippen LogP contribution in [0.1, 0.15) is 13.3 Å². The van der Waals surface area contributed by atoms with Crippen LogP contribution in [0.5, 0.6) is 5.75 Å². The number of hydrogen-bond acceptors (Lipinski definition) is 5. The van der Waals surface area contributed by atoms with Gasteiger partial charge in [-0.05, 0) is 24.6 Å². The van der Waals surface area contributed by atoms with Crippen molar-refractivity contribution >= 4 is 16.0 Å². The van der Waals surface area contributed by atoms with Gasteiger partial charge in [0.2, 0.25) is 10.0 Å². The molecule has 0 spiro atoms. The highest BCUT2D eigenvalue weighted by molar-refractivity contribution is 7.89. The second kappa shape index (κ2) is 7.20. The van der Waals surface area contributed by atoms with E-state index < -0.39 is 28.4 Å². The smallest absolute Gasteiger partial charge is 0.343 e. The molecule has 0 saturated heterocycles. The number of esters is 1. The second-order valence-corrected chi connectivity index (χ2v) is 5.62. The van der Waals surface area contributed by atoms with Crippen molar-refractivity contribution in [1.29, 1.82) is 0 Å². The van der Waals surface area contributed by atoms with Crippen LogP contribution < -0.4 is 9.46 Å². The molecule has 20 heavy (non-hydrogen) atoms. The summed E-state index contributed by atoms with van der Waals surface area (Å²) in [4.78, 5) is 10.7. The Kier molecular flexibility index (Phi) is 5.90. The standard InChI is InChI=1S/C12H16FNO5S/c1-3-6-14-20(16,17)9-4-5-11(10(13)7-9)19-8-12(15)18-2/h4-5,7,14H,3,6,8H2,1-2H3. The van der Waals surface area contributed by atoms with Crippen molar-refractivity contribution in [2.75, 3.05) is 20.3 Å². The van der Waals surface area contributed by atoms with E-state index in [4.69, 9.17) is 4.74 Å². The second-order valence-electron chi connectivity index (χ2n) is 3.85. The van der Waals surface area contributed by atoms with Gasteiger partial charge in [-0.3, -0.25) is 0 Å². The molecule has 0 aliphatic heterocycles. The molecular formula is C12H16FNO5S. The largest absolute Gasteiger partial charge is 0.479 e. The van der Waals surface area contributed by atoms with Crippen LogP contribution in [0, 0.1) is 5.82 Å². The number of sulfonamides is 1. The summed E-state index contributed by atoms with van der Waals surface area (Å²) in [6, 6.07) is 3.19. The van der Waals surface area contributed by atoms with Gasteiger partial charge in [0, 0.05) is 6.54 Å². The summed E-state index contributed by atoms with van der Waals surface area (Å²) in [6.45, 7) is 1.63. The first kappa shape index (κ1) is 16.4. The zero-order chi connectivity index (χ0) is 15.2. The number of halogens is 1. The molecule has 0 radical (unpaired) electrons. The molecule has 0 aliphatic rings. The fourth-order valence-corrected chi connectivity index (χ4v) is 2.43. The van der Waals surface area contributed by atoms with Gasteiger partial charge in [-0.25, -0.2) is 22.3 Å². The van der Waals surface area contributed by atoms with Crippen molar-refractivity contribution in [3.8, 4) is 5.75 Å². The maximum absolute atomic E-state index is 13.7. The maximum Gasteiger partial charge on any atom is 0.343 e. The third-order valence-electron chi connectivity index (χ3n) is 2.33. The number of rotatable bonds is 7. The van der Waals surface area contributed by atoms with Gasteiger partial charge in [0.1, 0.15) is 0 Å². The molecule has 0 fully saturated rings. The van der Waals surface area contributed by atoms with Crippen LogP contribution in [0.4, 0.5) is 4.39 Å². The monoisotopic (exact) mass is 305 g/mol. The van der Waals surface area contributed by atoms with Crippen LogP contribution in [0.2, 0.25) is 0 Å². The lowest BCUT2D eigenvalue weighted by atomic mass is 10.3. The number of methoxy groups -OCH3 is 1. The normalized spacial score (nSPS) is 11.2. The maximum atomic E-state index is 13.7. The molecule has 0 heterocycles. The molecule has 0 amide bonds. The first-order valence-corrected chi connectivity index (χ1v) is 7.38.